The molecular weight excluding hydrogens is 298 g/mol. The Balaban J connectivity index is 1.51. The van der Waals surface area contributed by atoms with Crippen LogP contribution in [0.25, 0.3) is 0 Å². The van der Waals surface area contributed by atoms with Gasteiger partial charge in [0.05, 0.1) is 0 Å². The number of rotatable bonds is 5. The molecule has 0 heterocycles. The van der Waals surface area contributed by atoms with Gasteiger partial charge in [-0.05, 0) is 47.6 Å². The Hall–Kier alpha value is -1.12. The number of benzene rings is 2. The van der Waals surface area contributed by atoms with Crippen LogP contribution in [0.3, 0.4) is 0 Å². The second-order valence-corrected chi connectivity index (χ2v) is 6.17. The molecule has 0 saturated heterocycles. The lowest BCUT2D eigenvalue weighted by atomic mass is 10.1. The van der Waals surface area contributed by atoms with Gasteiger partial charge in [0, 0.05) is 17.6 Å². The summed E-state index contributed by atoms with van der Waals surface area (Å²) in [6.45, 7) is 1.83. The highest BCUT2D eigenvalue weighted by Crippen LogP contribution is 2.39. The molecule has 0 atom stereocenters. The molecule has 0 aliphatic heterocycles. The van der Waals surface area contributed by atoms with Crippen molar-refractivity contribution in [3.05, 3.63) is 69.7 Å². The third kappa shape index (κ3) is 3.68. The normalized spacial score (nSPS) is 14.6. The Morgan fingerprint density at radius 3 is 2.37 bits per heavy atom. The number of halogens is 1. The second-order valence-electron chi connectivity index (χ2n) is 5.25. The summed E-state index contributed by atoms with van der Waals surface area (Å²) in [7, 11) is 0. The zero-order valence-corrected chi connectivity index (χ0v) is 12.5. The Labute approximate surface area is 123 Å². The van der Waals surface area contributed by atoms with E-state index in [2.05, 4.69) is 69.8 Å². The maximum Gasteiger partial charge on any atom is 0.0209 e. The fourth-order valence-corrected chi connectivity index (χ4v) is 2.77. The van der Waals surface area contributed by atoms with Gasteiger partial charge in [0.25, 0.3) is 0 Å². The lowest BCUT2D eigenvalue weighted by molar-refractivity contribution is 0.693. The Morgan fingerprint density at radius 1 is 0.947 bits per heavy atom. The van der Waals surface area contributed by atoms with Crippen LogP contribution in [-0.2, 0) is 13.1 Å². The summed E-state index contributed by atoms with van der Waals surface area (Å²) in [6.07, 6.45) is 2.75. The summed E-state index contributed by atoms with van der Waals surface area (Å²) in [4.78, 5) is 0. The quantitative estimate of drug-likeness (QED) is 0.849. The van der Waals surface area contributed by atoms with Crippen LogP contribution >= 0.6 is 15.9 Å². The van der Waals surface area contributed by atoms with E-state index in [-0.39, 0.29) is 0 Å². The highest BCUT2D eigenvalue weighted by atomic mass is 79.9. The third-order valence-corrected chi connectivity index (χ3v) is 4.07. The van der Waals surface area contributed by atoms with Gasteiger partial charge in [0.15, 0.2) is 0 Å². The average Bonchev–Trinajstić information content (AvgIpc) is 3.24. The molecule has 2 aromatic carbocycles. The van der Waals surface area contributed by atoms with Gasteiger partial charge in [0.1, 0.15) is 0 Å². The molecule has 19 heavy (non-hydrogen) atoms. The minimum atomic E-state index is 0.851. The first kappa shape index (κ1) is 12.9. The van der Waals surface area contributed by atoms with Crippen molar-refractivity contribution in [3.8, 4) is 0 Å². The maximum absolute atomic E-state index is 3.50. The van der Waals surface area contributed by atoms with E-state index in [1.54, 1.807) is 0 Å². The van der Waals surface area contributed by atoms with E-state index in [1.165, 1.54) is 29.5 Å². The predicted molar refractivity (Wildman–Crippen MR) is 83.1 cm³/mol. The number of hydrogen-bond donors (Lipinski definition) is 1. The molecule has 2 aromatic rings. The topological polar surface area (TPSA) is 12.0 Å². The zero-order chi connectivity index (χ0) is 13.1. The first-order valence-corrected chi connectivity index (χ1v) is 7.64. The van der Waals surface area contributed by atoms with Crippen LogP contribution in [0.15, 0.2) is 53.0 Å². The number of hydrogen-bond acceptors (Lipinski definition) is 1. The van der Waals surface area contributed by atoms with E-state index < -0.39 is 0 Å². The van der Waals surface area contributed by atoms with Gasteiger partial charge in [-0.25, -0.2) is 0 Å². The van der Waals surface area contributed by atoms with Gasteiger partial charge in [-0.3, -0.25) is 0 Å². The van der Waals surface area contributed by atoms with Crippen LogP contribution in [0, 0.1) is 0 Å². The third-order valence-electron chi connectivity index (χ3n) is 3.58. The van der Waals surface area contributed by atoms with Crippen molar-refractivity contribution in [2.45, 2.75) is 31.8 Å². The molecule has 98 valence electrons. The molecule has 3 rings (SSSR count). The summed E-state index contributed by atoms with van der Waals surface area (Å²) in [5.74, 6) is 0.851. The number of nitrogens with one attached hydrogen (secondary N) is 1. The van der Waals surface area contributed by atoms with Crippen molar-refractivity contribution in [1.29, 1.82) is 0 Å². The highest BCUT2D eigenvalue weighted by Gasteiger charge is 2.22. The summed E-state index contributed by atoms with van der Waals surface area (Å²) < 4.78 is 1.14. The lowest BCUT2D eigenvalue weighted by Crippen LogP contribution is -2.12. The van der Waals surface area contributed by atoms with Crippen LogP contribution in [0.2, 0.25) is 0 Å². The van der Waals surface area contributed by atoms with Crippen LogP contribution in [-0.4, -0.2) is 0 Å². The van der Waals surface area contributed by atoms with Crippen LogP contribution < -0.4 is 5.32 Å². The van der Waals surface area contributed by atoms with Gasteiger partial charge < -0.3 is 5.32 Å². The van der Waals surface area contributed by atoms with E-state index in [9.17, 15) is 0 Å². The summed E-state index contributed by atoms with van der Waals surface area (Å²) >= 11 is 3.50. The Kier molecular flexibility index (Phi) is 4.00. The first-order chi connectivity index (χ1) is 9.31. The molecule has 1 N–H and O–H groups in total. The van der Waals surface area contributed by atoms with Crippen LogP contribution in [0.5, 0.6) is 0 Å². The SMILES string of the molecule is Brc1cccc(CNCc2ccc(C3CC3)cc2)c1. The van der Waals surface area contributed by atoms with Gasteiger partial charge in [-0.1, -0.05) is 52.3 Å². The molecule has 0 bridgehead atoms. The first-order valence-electron chi connectivity index (χ1n) is 6.85. The van der Waals surface area contributed by atoms with Crippen LogP contribution in [0.4, 0.5) is 0 Å². The molecule has 0 radical (unpaired) electrons. The molecule has 1 fully saturated rings. The van der Waals surface area contributed by atoms with Crippen molar-refractivity contribution in [1.82, 2.24) is 5.32 Å². The predicted octanol–water partition coefficient (Wildman–Crippen LogP) is 4.62. The molecular formula is C17H18BrN. The van der Waals surface area contributed by atoms with E-state index >= 15 is 0 Å². The molecule has 1 aliphatic carbocycles. The fraction of sp³-hybridized carbons (Fsp3) is 0.294. The van der Waals surface area contributed by atoms with Gasteiger partial charge in [-0.15, -0.1) is 0 Å². The van der Waals surface area contributed by atoms with Crippen molar-refractivity contribution in [3.63, 3.8) is 0 Å². The monoisotopic (exact) mass is 315 g/mol. The van der Waals surface area contributed by atoms with Gasteiger partial charge in [-0.2, -0.15) is 0 Å². The largest absolute Gasteiger partial charge is 0.309 e. The molecule has 0 spiro atoms. The van der Waals surface area contributed by atoms with Gasteiger partial charge >= 0.3 is 0 Å². The van der Waals surface area contributed by atoms with Crippen LogP contribution in [0.1, 0.15) is 35.4 Å². The highest BCUT2D eigenvalue weighted by molar-refractivity contribution is 9.10. The summed E-state index contributed by atoms with van der Waals surface area (Å²) in [5, 5.41) is 3.49. The summed E-state index contributed by atoms with van der Waals surface area (Å²) in [6, 6.07) is 17.5. The van der Waals surface area contributed by atoms with Crippen molar-refractivity contribution >= 4 is 15.9 Å². The lowest BCUT2D eigenvalue weighted by Gasteiger charge is -2.06. The Morgan fingerprint density at radius 2 is 1.68 bits per heavy atom. The van der Waals surface area contributed by atoms with E-state index in [0.717, 1.165) is 23.5 Å². The molecule has 1 saturated carbocycles. The van der Waals surface area contributed by atoms with Crippen molar-refractivity contribution in [2.24, 2.45) is 0 Å². The maximum atomic E-state index is 3.50. The van der Waals surface area contributed by atoms with Crippen molar-refractivity contribution < 1.29 is 0 Å². The van der Waals surface area contributed by atoms with Gasteiger partial charge in [0.2, 0.25) is 0 Å². The molecule has 0 amide bonds. The van der Waals surface area contributed by atoms with E-state index in [4.69, 9.17) is 0 Å². The van der Waals surface area contributed by atoms with Crippen molar-refractivity contribution in [2.75, 3.05) is 0 Å². The molecule has 2 heteroatoms. The second kappa shape index (κ2) is 5.89. The Bertz CT molecular complexity index is 543. The summed E-state index contributed by atoms with van der Waals surface area (Å²) in [5.41, 5.74) is 4.18. The average molecular weight is 316 g/mol. The fourth-order valence-electron chi connectivity index (χ4n) is 2.32. The molecule has 1 nitrogen and oxygen atoms in total. The zero-order valence-electron chi connectivity index (χ0n) is 10.9. The smallest absolute Gasteiger partial charge is 0.0209 e. The van der Waals surface area contributed by atoms with E-state index in [0.29, 0.717) is 0 Å². The molecule has 0 aromatic heterocycles. The standard InChI is InChI=1S/C17H18BrN/c18-17-3-1-2-14(10-17)12-19-11-13-4-6-15(7-5-13)16-8-9-16/h1-7,10,16,19H,8-9,11-12H2. The molecule has 1 aliphatic rings. The molecule has 0 unspecified atom stereocenters. The van der Waals surface area contributed by atoms with E-state index in [1.807, 2.05) is 0 Å². The minimum Gasteiger partial charge on any atom is -0.309 e. The minimum absolute atomic E-state index is 0.851.